The van der Waals surface area contributed by atoms with Crippen LogP contribution in [0.15, 0.2) is 35.1 Å². The lowest BCUT2D eigenvalue weighted by Crippen LogP contribution is -2.22. The number of carbonyl (C=O) groups is 1. The van der Waals surface area contributed by atoms with Crippen LogP contribution in [-0.4, -0.2) is 39.7 Å². The Hall–Kier alpha value is -3.17. The molecule has 0 radical (unpaired) electrons. The number of hydrogen-bond donors (Lipinski definition) is 0. The maximum Gasteiger partial charge on any atom is 0.338 e. The van der Waals surface area contributed by atoms with Gasteiger partial charge in [0.25, 0.3) is 5.56 Å². The van der Waals surface area contributed by atoms with Crippen molar-refractivity contribution < 1.29 is 14.3 Å². The van der Waals surface area contributed by atoms with E-state index < -0.39 is 5.97 Å². The van der Waals surface area contributed by atoms with Crippen LogP contribution in [0, 0.1) is 6.92 Å². The molecular formula is C20H18N4O4S. The molecule has 0 atom stereocenters. The molecule has 29 heavy (non-hydrogen) atoms. The second-order valence-corrected chi connectivity index (χ2v) is 7.39. The van der Waals surface area contributed by atoms with Crippen molar-refractivity contribution in [3.63, 3.8) is 0 Å². The SMILES string of the molecule is CCOC(=O)c1cccc(-n2nnc3c(sc4nc(C)cc(COC)c43)c2=O)c1. The van der Waals surface area contributed by atoms with Gasteiger partial charge < -0.3 is 9.47 Å². The fourth-order valence-corrected chi connectivity index (χ4v) is 4.31. The van der Waals surface area contributed by atoms with E-state index in [4.69, 9.17) is 9.47 Å². The fourth-order valence-electron chi connectivity index (χ4n) is 3.18. The summed E-state index contributed by atoms with van der Waals surface area (Å²) in [4.78, 5) is 30.4. The van der Waals surface area contributed by atoms with Gasteiger partial charge in [-0.3, -0.25) is 4.79 Å². The number of ether oxygens (including phenoxy) is 2. The molecule has 0 aliphatic rings. The van der Waals surface area contributed by atoms with Crippen LogP contribution in [0.25, 0.3) is 26.1 Å². The highest BCUT2D eigenvalue weighted by Crippen LogP contribution is 2.32. The van der Waals surface area contributed by atoms with Crippen molar-refractivity contribution in [3.05, 3.63) is 57.5 Å². The third-order valence-electron chi connectivity index (χ3n) is 4.37. The van der Waals surface area contributed by atoms with Crippen LogP contribution in [0.4, 0.5) is 0 Å². The summed E-state index contributed by atoms with van der Waals surface area (Å²) in [6, 6.07) is 8.48. The molecule has 0 aliphatic heterocycles. The third kappa shape index (κ3) is 3.39. The predicted molar refractivity (Wildman–Crippen MR) is 110 cm³/mol. The average Bonchev–Trinajstić information content (AvgIpc) is 3.08. The maximum absolute atomic E-state index is 13.2. The molecule has 1 aromatic carbocycles. The van der Waals surface area contributed by atoms with Crippen LogP contribution in [0.5, 0.6) is 0 Å². The van der Waals surface area contributed by atoms with Gasteiger partial charge in [-0.05, 0) is 43.7 Å². The molecule has 9 heteroatoms. The molecule has 0 bridgehead atoms. The number of fused-ring (bicyclic) bond motifs is 3. The minimum Gasteiger partial charge on any atom is -0.462 e. The smallest absolute Gasteiger partial charge is 0.338 e. The lowest BCUT2D eigenvalue weighted by molar-refractivity contribution is 0.0526. The van der Waals surface area contributed by atoms with E-state index in [1.165, 1.54) is 16.0 Å². The Balaban J connectivity index is 1.91. The van der Waals surface area contributed by atoms with E-state index in [2.05, 4.69) is 15.3 Å². The Bertz CT molecular complexity index is 1300. The first-order valence-electron chi connectivity index (χ1n) is 8.98. The molecule has 0 aliphatic carbocycles. The zero-order valence-electron chi connectivity index (χ0n) is 16.1. The number of esters is 1. The van der Waals surface area contributed by atoms with E-state index in [1.54, 1.807) is 38.3 Å². The first-order chi connectivity index (χ1) is 14.0. The number of aromatic nitrogens is 4. The van der Waals surface area contributed by atoms with E-state index in [0.29, 0.717) is 28.1 Å². The first kappa shape index (κ1) is 19.2. The van der Waals surface area contributed by atoms with Crippen molar-refractivity contribution in [1.82, 2.24) is 20.0 Å². The summed E-state index contributed by atoms with van der Waals surface area (Å²) >= 11 is 1.28. The summed E-state index contributed by atoms with van der Waals surface area (Å²) in [6.07, 6.45) is 0. The zero-order valence-corrected chi connectivity index (χ0v) is 16.9. The van der Waals surface area contributed by atoms with E-state index in [-0.39, 0.29) is 12.2 Å². The van der Waals surface area contributed by atoms with Gasteiger partial charge in [-0.15, -0.1) is 16.4 Å². The Morgan fingerprint density at radius 3 is 2.86 bits per heavy atom. The van der Waals surface area contributed by atoms with Crippen LogP contribution in [0.1, 0.15) is 28.5 Å². The molecule has 3 heterocycles. The topological polar surface area (TPSA) is 96.2 Å². The minimum atomic E-state index is -0.456. The highest BCUT2D eigenvalue weighted by Gasteiger charge is 2.18. The van der Waals surface area contributed by atoms with Crippen molar-refractivity contribution in [2.24, 2.45) is 0 Å². The van der Waals surface area contributed by atoms with Crippen LogP contribution in [-0.2, 0) is 16.1 Å². The standard InChI is InChI=1S/C20H18N4O4S/c1-4-28-20(26)12-6-5-7-14(9-12)24-19(25)17-16(22-23-24)15-13(10-27-3)8-11(2)21-18(15)29-17/h5-9H,4,10H2,1-3H3. The van der Waals surface area contributed by atoms with Crippen molar-refractivity contribution in [2.75, 3.05) is 13.7 Å². The molecule has 0 saturated carbocycles. The van der Waals surface area contributed by atoms with Gasteiger partial charge in [0.1, 0.15) is 15.0 Å². The largest absolute Gasteiger partial charge is 0.462 e. The number of hydrogen-bond acceptors (Lipinski definition) is 8. The van der Waals surface area contributed by atoms with E-state index in [1.807, 2.05) is 13.0 Å². The maximum atomic E-state index is 13.2. The van der Waals surface area contributed by atoms with Crippen molar-refractivity contribution in [3.8, 4) is 5.69 Å². The number of benzene rings is 1. The van der Waals surface area contributed by atoms with Crippen LogP contribution in [0.3, 0.4) is 0 Å². The number of aryl methyl sites for hydroxylation is 1. The van der Waals surface area contributed by atoms with Gasteiger partial charge in [0.05, 0.1) is 24.5 Å². The Morgan fingerprint density at radius 1 is 1.28 bits per heavy atom. The summed E-state index contributed by atoms with van der Waals surface area (Å²) in [7, 11) is 1.62. The minimum absolute atomic E-state index is 0.271. The summed E-state index contributed by atoms with van der Waals surface area (Å²) in [5, 5.41) is 9.20. The van der Waals surface area contributed by atoms with Gasteiger partial charge in [0.2, 0.25) is 0 Å². The normalized spacial score (nSPS) is 11.3. The fraction of sp³-hybridized carbons (Fsp3) is 0.250. The molecule has 4 rings (SSSR count). The zero-order chi connectivity index (χ0) is 20.5. The van der Waals surface area contributed by atoms with Gasteiger partial charge in [-0.25, -0.2) is 9.78 Å². The molecular weight excluding hydrogens is 392 g/mol. The van der Waals surface area contributed by atoms with E-state index in [9.17, 15) is 9.59 Å². The van der Waals surface area contributed by atoms with E-state index in [0.717, 1.165) is 21.5 Å². The Morgan fingerprint density at radius 2 is 2.10 bits per heavy atom. The van der Waals surface area contributed by atoms with Crippen molar-refractivity contribution >= 4 is 37.7 Å². The molecule has 4 aromatic rings. The molecule has 0 N–H and O–H groups in total. The molecule has 0 saturated heterocycles. The number of methoxy groups -OCH3 is 1. The second-order valence-electron chi connectivity index (χ2n) is 6.39. The first-order valence-corrected chi connectivity index (χ1v) is 9.80. The molecule has 0 amide bonds. The Labute approximate surface area is 169 Å². The van der Waals surface area contributed by atoms with Gasteiger partial charge >= 0.3 is 5.97 Å². The van der Waals surface area contributed by atoms with Crippen molar-refractivity contribution in [1.29, 1.82) is 0 Å². The van der Waals surface area contributed by atoms with Crippen LogP contribution in [0.2, 0.25) is 0 Å². The number of rotatable bonds is 5. The molecule has 3 aromatic heterocycles. The lowest BCUT2D eigenvalue weighted by atomic mass is 10.1. The number of thiophene rings is 1. The van der Waals surface area contributed by atoms with Gasteiger partial charge in [0.15, 0.2) is 0 Å². The highest BCUT2D eigenvalue weighted by atomic mass is 32.1. The second kappa shape index (κ2) is 7.69. The summed E-state index contributed by atoms with van der Waals surface area (Å²) < 4.78 is 12.0. The van der Waals surface area contributed by atoms with Crippen LogP contribution >= 0.6 is 11.3 Å². The van der Waals surface area contributed by atoms with E-state index >= 15 is 0 Å². The average molecular weight is 410 g/mol. The number of nitrogens with zero attached hydrogens (tertiary/aromatic N) is 4. The predicted octanol–water partition coefficient (Wildman–Crippen LogP) is 3.02. The van der Waals surface area contributed by atoms with Gasteiger partial charge in [-0.2, -0.15) is 4.68 Å². The summed E-state index contributed by atoms with van der Waals surface area (Å²) in [6.45, 7) is 4.29. The Kier molecular flexibility index (Phi) is 5.08. The van der Waals surface area contributed by atoms with Gasteiger partial charge in [-0.1, -0.05) is 11.3 Å². The quantitative estimate of drug-likeness (QED) is 0.467. The lowest BCUT2D eigenvalue weighted by Gasteiger charge is -2.06. The third-order valence-corrected chi connectivity index (χ3v) is 5.43. The molecule has 0 unspecified atom stereocenters. The number of carbonyl (C=O) groups excluding carboxylic acids is 1. The monoisotopic (exact) mass is 410 g/mol. The van der Waals surface area contributed by atoms with Gasteiger partial charge in [0, 0.05) is 18.2 Å². The van der Waals surface area contributed by atoms with Crippen LogP contribution < -0.4 is 5.56 Å². The molecule has 8 nitrogen and oxygen atoms in total. The van der Waals surface area contributed by atoms with Crippen molar-refractivity contribution in [2.45, 2.75) is 20.5 Å². The summed E-state index contributed by atoms with van der Waals surface area (Å²) in [5.74, 6) is -0.456. The highest BCUT2D eigenvalue weighted by molar-refractivity contribution is 7.25. The summed E-state index contributed by atoms with van der Waals surface area (Å²) in [5.41, 5.74) is 2.72. The molecule has 0 fully saturated rings. The molecule has 0 spiro atoms. The number of pyridine rings is 1. The molecule has 148 valence electrons.